The van der Waals surface area contributed by atoms with Crippen LogP contribution in [0.3, 0.4) is 0 Å². The number of hydrogen-bond acceptors (Lipinski definition) is 11. The fraction of sp³-hybridized carbons (Fsp3) is 0.459. The first kappa shape index (κ1) is 38.6. The summed E-state index contributed by atoms with van der Waals surface area (Å²) in [5.74, 6) is -0.537. The average Bonchev–Trinajstić information content (AvgIpc) is 3.05. The van der Waals surface area contributed by atoms with Crippen molar-refractivity contribution < 1.29 is 48.0 Å². The van der Waals surface area contributed by atoms with E-state index in [9.17, 15) is 29.4 Å². The van der Waals surface area contributed by atoms with Gasteiger partial charge in [-0.05, 0) is 60.3 Å². The van der Waals surface area contributed by atoms with Gasteiger partial charge in [0.1, 0.15) is 34.3 Å². The molecular weight excluding hydrogens is 634 g/mol. The highest BCUT2D eigenvalue weighted by molar-refractivity contribution is 5.98. The monoisotopic (exact) mass is 681 g/mol. The predicted octanol–water partition coefficient (Wildman–Crippen LogP) is 5.23. The smallest absolute Gasteiger partial charge is 0.331 e. The summed E-state index contributed by atoms with van der Waals surface area (Å²) < 4.78 is 28.7. The third-order valence-electron chi connectivity index (χ3n) is 7.73. The molecule has 3 rings (SSSR count). The first-order valence-electron chi connectivity index (χ1n) is 16.2. The Bertz CT molecular complexity index is 1780. The molecule has 49 heavy (non-hydrogen) atoms. The number of esters is 1. The lowest BCUT2D eigenvalue weighted by molar-refractivity contribution is -0.148. The second kappa shape index (κ2) is 18.1. The summed E-state index contributed by atoms with van der Waals surface area (Å²) in [6.07, 6.45) is 5.15. The number of aromatic hydroxyl groups is 1. The number of allylic oxidation sites excluding steroid dienone is 4. The highest BCUT2D eigenvalue weighted by atomic mass is 16.5. The van der Waals surface area contributed by atoms with E-state index in [1.807, 2.05) is 39.8 Å². The van der Waals surface area contributed by atoms with Crippen LogP contribution in [0.25, 0.3) is 21.9 Å². The van der Waals surface area contributed by atoms with Gasteiger partial charge in [-0.1, -0.05) is 23.3 Å². The molecule has 2 atom stereocenters. The van der Waals surface area contributed by atoms with Crippen LogP contribution in [-0.2, 0) is 32.0 Å². The third-order valence-corrected chi connectivity index (χ3v) is 7.73. The first-order chi connectivity index (χ1) is 23.3. The maximum Gasteiger partial charge on any atom is 0.331 e. The summed E-state index contributed by atoms with van der Waals surface area (Å²) >= 11 is 0. The second-order valence-corrected chi connectivity index (χ2v) is 12.2. The number of benzene rings is 2. The van der Waals surface area contributed by atoms with Crippen LogP contribution in [0.2, 0.25) is 0 Å². The molecule has 1 amide bonds. The number of rotatable bonds is 18. The SMILES string of the molecule is COC(=O)C(NC(=O)CCCOc1cc2oc3cc(OCCCC=O)c(OC)c(CC=C(C)C)c3c(=O)c2c(O)c1CC=C(C)C)C(C)O. The zero-order valence-electron chi connectivity index (χ0n) is 29.3. The molecule has 1 heterocycles. The van der Waals surface area contributed by atoms with Gasteiger partial charge in [0.2, 0.25) is 11.3 Å². The van der Waals surface area contributed by atoms with Gasteiger partial charge in [-0.25, -0.2) is 4.79 Å². The van der Waals surface area contributed by atoms with E-state index < -0.39 is 29.5 Å². The molecule has 0 saturated carbocycles. The Balaban J connectivity index is 2.10. The molecule has 12 heteroatoms. The number of nitrogens with one attached hydrogen (secondary N) is 1. The highest BCUT2D eigenvalue weighted by Gasteiger charge is 2.27. The second-order valence-electron chi connectivity index (χ2n) is 12.2. The molecule has 0 aliphatic rings. The van der Waals surface area contributed by atoms with Crippen LogP contribution >= 0.6 is 0 Å². The van der Waals surface area contributed by atoms with Crippen molar-refractivity contribution in [3.63, 3.8) is 0 Å². The van der Waals surface area contributed by atoms with Crippen LogP contribution in [0, 0.1) is 0 Å². The lowest BCUT2D eigenvalue weighted by atomic mass is 9.98. The summed E-state index contributed by atoms with van der Waals surface area (Å²) in [5, 5.41) is 24.1. The molecule has 1 aromatic heterocycles. The number of aldehydes is 1. The van der Waals surface area contributed by atoms with E-state index in [2.05, 4.69) is 10.1 Å². The van der Waals surface area contributed by atoms with E-state index >= 15 is 0 Å². The van der Waals surface area contributed by atoms with Gasteiger partial charge in [0.05, 0.1) is 38.9 Å². The maximum atomic E-state index is 14.3. The number of carbonyl (C=O) groups excluding carboxylic acids is 3. The molecule has 2 aromatic carbocycles. The van der Waals surface area contributed by atoms with Gasteiger partial charge < -0.3 is 43.7 Å². The number of aliphatic hydroxyl groups excluding tert-OH is 1. The van der Waals surface area contributed by atoms with E-state index in [4.69, 9.17) is 18.6 Å². The molecule has 12 nitrogen and oxygen atoms in total. The number of methoxy groups -OCH3 is 2. The Hall–Kier alpha value is -4.84. The fourth-order valence-electron chi connectivity index (χ4n) is 5.18. The van der Waals surface area contributed by atoms with Gasteiger partial charge in [-0.15, -0.1) is 0 Å². The zero-order valence-corrected chi connectivity index (χ0v) is 29.3. The maximum absolute atomic E-state index is 14.3. The normalized spacial score (nSPS) is 12.2. The molecule has 266 valence electrons. The zero-order chi connectivity index (χ0) is 36.2. The van der Waals surface area contributed by atoms with Crippen molar-refractivity contribution in [3.05, 3.63) is 56.8 Å². The van der Waals surface area contributed by atoms with Crippen molar-refractivity contribution in [2.24, 2.45) is 0 Å². The van der Waals surface area contributed by atoms with Crippen LogP contribution in [0.4, 0.5) is 0 Å². The van der Waals surface area contributed by atoms with Crippen molar-refractivity contribution >= 4 is 40.1 Å². The van der Waals surface area contributed by atoms with E-state index in [-0.39, 0.29) is 65.9 Å². The molecule has 2 unspecified atom stereocenters. The van der Waals surface area contributed by atoms with Gasteiger partial charge >= 0.3 is 5.97 Å². The largest absolute Gasteiger partial charge is 0.507 e. The molecule has 0 bridgehead atoms. The third kappa shape index (κ3) is 9.85. The van der Waals surface area contributed by atoms with Gasteiger partial charge in [-0.3, -0.25) is 9.59 Å². The quantitative estimate of drug-likeness (QED) is 0.0528. The van der Waals surface area contributed by atoms with Crippen LogP contribution in [0.15, 0.2) is 44.6 Å². The predicted molar refractivity (Wildman–Crippen MR) is 186 cm³/mol. The Morgan fingerprint density at radius 3 is 2.10 bits per heavy atom. The molecular formula is C37H47NO11. The van der Waals surface area contributed by atoms with Gasteiger partial charge in [0.25, 0.3) is 0 Å². The molecule has 0 aliphatic carbocycles. The van der Waals surface area contributed by atoms with Gasteiger partial charge in [-0.2, -0.15) is 0 Å². The van der Waals surface area contributed by atoms with Crippen molar-refractivity contribution in [2.45, 2.75) is 85.3 Å². The number of unbranched alkanes of at least 4 members (excludes halogenated alkanes) is 1. The molecule has 0 aliphatic heterocycles. The number of aliphatic hydroxyl groups is 1. The molecule has 0 fully saturated rings. The number of amides is 1. The number of fused-ring (bicyclic) bond motifs is 2. The standard InChI is InChI=1S/C37H47NO11/c1-21(2)12-14-24-26(47-18-10-11-30(41)38-33(23(5)40)37(44)46-7)19-28-32(34(24)42)35(43)31-25(15-13-22(3)4)36(45-6)29(20-27(31)49-28)48-17-9-8-16-39/h12-13,16,19-20,23,33,40,42H,8-11,14-15,17-18H2,1-7H3,(H,38,41). The van der Waals surface area contributed by atoms with Crippen LogP contribution in [0.5, 0.6) is 23.0 Å². The lowest BCUT2D eigenvalue weighted by Crippen LogP contribution is -2.48. The minimum Gasteiger partial charge on any atom is -0.507 e. The summed E-state index contributed by atoms with van der Waals surface area (Å²) in [6, 6.07) is 1.92. The summed E-state index contributed by atoms with van der Waals surface area (Å²) in [5.41, 5.74) is 2.78. The molecule has 3 aromatic rings. The first-order valence-corrected chi connectivity index (χ1v) is 16.2. The minimum atomic E-state index is -1.20. The Kier molecular flexibility index (Phi) is 14.2. The number of hydrogen-bond donors (Lipinski definition) is 3. The lowest BCUT2D eigenvalue weighted by Gasteiger charge is -2.19. The van der Waals surface area contributed by atoms with Crippen LogP contribution < -0.4 is 25.0 Å². The van der Waals surface area contributed by atoms with Crippen molar-refractivity contribution in [1.29, 1.82) is 0 Å². The number of ether oxygens (including phenoxy) is 4. The fourth-order valence-corrected chi connectivity index (χ4v) is 5.18. The number of phenols is 1. The Labute approximate surface area is 285 Å². The van der Waals surface area contributed by atoms with Gasteiger partial charge in [0.15, 0.2) is 17.5 Å². The van der Waals surface area contributed by atoms with Crippen molar-refractivity contribution in [2.75, 3.05) is 27.4 Å². The summed E-state index contributed by atoms with van der Waals surface area (Å²) in [7, 11) is 2.65. The number of phenolic OH excluding ortho intramolecular Hbond substituents is 1. The van der Waals surface area contributed by atoms with E-state index in [0.29, 0.717) is 41.9 Å². The molecule has 3 N–H and O–H groups in total. The van der Waals surface area contributed by atoms with Gasteiger partial charge in [0, 0.05) is 36.1 Å². The Morgan fingerprint density at radius 2 is 1.51 bits per heavy atom. The van der Waals surface area contributed by atoms with E-state index in [1.165, 1.54) is 21.1 Å². The van der Waals surface area contributed by atoms with Crippen molar-refractivity contribution in [3.8, 4) is 23.0 Å². The molecule has 0 spiro atoms. The molecule has 0 radical (unpaired) electrons. The van der Waals surface area contributed by atoms with Crippen LogP contribution in [-0.4, -0.2) is 68.0 Å². The minimum absolute atomic E-state index is 0.0106. The number of carbonyl (C=O) groups is 3. The van der Waals surface area contributed by atoms with E-state index in [0.717, 1.165) is 17.4 Å². The van der Waals surface area contributed by atoms with Crippen molar-refractivity contribution in [1.82, 2.24) is 5.32 Å². The highest BCUT2D eigenvalue weighted by Crippen LogP contribution is 2.41. The van der Waals surface area contributed by atoms with E-state index in [1.54, 1.807) is 12.1 Å². The topological polar surface area (TPSA) is 171 Å². The summed E-state index contributed by atoms with van der Waals surface area (Å²) in [6.45, 7) is 9.37. The summed E-state index contributed by atoms with van der Waals surface area (Å²) in [4.78, 5) is 49.5. The molecule has 0 saturated heterocycles. The van der Waals surface area contributed by atoms with Crippen LogP contribution in [0.1, 0.15) is 71.4 Å². The Morgan fingerprint density at radius 1 is 0.918 bits per heavy atom. The average molecular weight is 682 g/mol.